The molecule has 0 radical (unpaired) electrons. The number of thiophene rings is 1. The topological polar surface area (TPSA) is 94.3 Å². The van der Waals surface area contributed by atoms with Gasteiger partial charge in [-0.2, -0.15) is 0 Å². The Hall–Kier alpha value is -3.30. The molecule has 0 aliphatic carbocycles. The van der Waals surface area contributed by atoms with E-state index in [1.807, 2.05) is 23.6 Å². The Balaban J connectivity index is 1.55. The van der Waals surface area contributed by atoms with Crippen LogP contribution in [0.25, 0.3) is 9.88 Å². The van der Waals surface area contributed by atoms with Crippen molar-refractivity contribution in [1.29, 1.82) is 0 Å². The van der Waals surface area contributed by atoms with Crippen molar-refractivity contribution >= 4 is 40.4 Å². The fourth-order valence-corrected chi connectivity index (χ4v) is 4.17. The molecule has 4 rings (SSSR count). The van der Waals surface area contributed by atoms with Crippen molar-refractivity contribution in [2.45, 2.75) is 13.0 Å². The van der Waals surface area contributed by atoms with Gasteiger partial charge in [-0.05, 0) is 18.4 Å². The number of ether oxygens (including phenoxy) is 1. The zero-order valence-electron chi connectivity index (χ0n) is 15.2. The Labute approximate surface area is 174 Å². The predicted octanol–water partition coefficient (Wildman–Crippen LogP) is 4.70. The first kappa shape index (κ1) is 19.0. The quantitative estimate of drug-likeness (QED) is 0.450. The number of anilines is 1. The highest BCUT2D eigenvalue weighted by molar-refractivity contribution is 7.20. The number of hydrogen-bond acceptors (Lipinski definition) is 8. The molecule has 0 spiro atoms. The molecule has 0 saturated heterocycles. The Morgan fingerprint density at radius 1 is 1.14 bits per heavy atom. The number of carbonyl (C=O) groups excluding carboxylic acids is 2. The van der Waals surface area contributed by atoms with Gasteiger partial charge in [0.25, 0.3) is 5.91 Å². The lowest BCUT2D eigenvalue weighted by Gasteiger charge is -2.16. The summed E-state index contributed by atoms with van der Waals surface area (Å²) in [5.74, 6) is -0.411. The molecule has 146 valence electrons. The summed E-state index contributed by atoms with van der Waals surface area (Å²) in [6.07, 6.45) is -1.16. The van der Waals surface area contributed by atoms with E-state index in [1.165, 1.54) is 22.7 Å². The Morgan fingerprint density at radius 2 is 1.97 bits per heavy atom. The summed E-state index contributed by atoms with van der Waals surface area (Å²) in [6.45, 7) is 1.71. The van der Waals surface area contributed by atoms with Gasteiger partial charge in [-0.1, -0.05) is 41.6 Å². The van der Waals surface area contributed by atoms with E-state index in [1.54, 1.807) is 42.6 Å². The summed E-state index contributed by atoms with van der Waals surface area (Å²) in [5.41, 5.74) is 0.691. The SMILES string of the molecule is Cc1cc(NC(=O)C(OC(=O)c2csc(-c3cccs3)n2)c2ccccc2)no1. The van der Waals surface area contributed by atoms with Crippen LogP contribution < -0.4 is 5.32 Å². The van der Waals surface area contributed by atoms with Crippen LogP contribution in [0.15, 0.2) is 63.8 Å². The second-order valence-corrected chi connectivity index (χ2v) is 7.83. The predicted molar refractivity (Wildman–Crippen MR) is 110 cm³/mol. The molecule has 7 nitrogen and oxygen atoms in total. The van der Waals surface area contributed by atoms with E-state index in [-0.39, 0.29) is 11.5 Å². The largest absolute Gasteiger partial charge is 0.443 e. The van der Waals surface area contributed by atoms with Gasteiger partial charge in [0.1, 0.15) is 10.8 Å². The Kier molecular flexibility index (Phi) is 5.50. The molecular formula is C20H15N3O4S2. The number of thiazole rings is 1. The van der Waals surface area contributed by atoms with Gasteiger partial charge in [0.2, 0.25) is 6.10 Å². The molecule has 1 aromatic carbocycles. The van der Waals surface area contributed by atoms with Crippen molar-refractivity contribution in [3.05, 3.63) is 76.3 Å². The molecular weight excluding hydrogens is 410 g/mol. The summed E-state index contributed by atoms with van der Waals surface area (Å²) < 4.78 is 10.5. The summed E-state index contributed by atoms with van der Waals surface area (Å²) >= 11 is 2.88. The number of benzene rings is 1. The van der Waals surface area contributed by atoms with Crippen molar-refractivity contribution < 1.29 is 18.8 Å². The van der Waals surface area contributed by atoms with Crippen molar-refractivity contribution in [1.82, 2.24) is 10.1 Å². The number of nitrogens with zero attached hydrogens (tertiary/aromatic N) is 2. The molecule has 3 heterocycles. The maximum absolute atomic E-state index is 12.8. The van der Waals surface area contributed by atoms with E-state index in [4.69, 9.17) is 9.26 Å². The van der Waals surface area contributed by atoms with Crippen LogP contribution in [0.3, 0.4) is 0 Å². The normalized spacial score (nSPS) is 11.8. The molecule has 1 amide bonds. The molecule has 0 aliphatic heterocycles. The summed E-state index contributed by atoms with van der Waals surface area (Å²) in [7, 11) is 0. The van der Waals surface area contributed by atoms with Crippen LogP contribution in [0.2, 0.25) is 0 Å². The highest BCUT2D eigenvalue weighted by Gasteiger charge is 2.27. The number of esters is 1. The zero-order valence-corrected chi connectivity index (χ0v) is 16.8. The molecule has 0 bridgehead atoms. The summed E-state index contributed by atoms with van der Waals surface area (Å²) in [5, 5.41) is 10.6. The van der Waals surface area contributed by atoms with Crippen LogP contribution in [-0.2, 0) is 9.53 Å². The van der Waals surface area contributed by atoms with Gasteiger partial charge in [0, 0.05) is 17.0 Å². The molecule has 0 saturated carbocycles. The minimum Gasteiger partial charge on any atom is -0.443 e. The van der Waals surface area contributed by atoms with Crippen molar-refractivity contribution in [2.24, 2.45) is 0 Å². The molecule has 1 atom stereocenters. The monoisotopic (exact) mass is 425 g/mol. The molecule has 1 N–H and O–H groups in total. The van der Waals surface area contributed by atoms with Gasteiger partial charge in [0.15, 0.2) is 11.5 Å². The molecule has 0 aliphatic rings. The standard InChI is InChI=1S/C20H15N3O4S2/c1-12-10-16(23-27-12)22-18(24)17(13-6-3-2-4-7-13)26-20(25)14-11-29-19(21-14)15-8-5-9-28-15/h2-11,17H,1H3,(H,22,23,24). The van der Waals surface area contributed by atoms with E-state index < -0.39 is 18.0 Å². The van der Waals surface area contributed by atoms with Crippen LogP contribution in [-0.4, -0.2) is 22.0 Å². The van der Waals surface area contributed by atoms with Gasteiger partial charge < -0.3 is 14.6 Å². The van der Waals surface area contributed by atoms with Gasteiger partial charge in [-0.15, -0.1) is 22.7 Å². The molecule has 4 aromatic rings. The van der Waals surface area contributed by atoms with Crippen molar-refractivity contribution in [3.8, 4) is 9.88 Å². The van der Waals surface area contributed by atoms with Crippen LogP contribution >= 0.6 is 22.7 Å². The maximum Gasteiger partial charge on any atom is 0.358 e. The lowest BCUT2D eigenvalue weighted by Crippen LogP contribution is -2.26. The lowest BCUT2D eigenvalue weighted by atomic mass is 10.1. The van der Waals surface area contributed by atoms with E-state index in [2.05, 4.69) is 15.5 Å². The zero-order chi connectivity index (χ0) is 20.2. The molecule has 3 aromatic heterocycles. The maximum atomic E-state index is 12.8. The average Bonchev–Trinajstić information content (AvgIpc) is 3.48. The van der Waals surface area contributed by atoms with Gasteiger partial charge in [-0.3, -0.25) is 4.79 Å². The van der Waals surface area contributed by atoms with Gasteiger partial charge >= 0.3 is 5.97 Å². The third-order valence-electron chi connectivity index (χ3n) is 3.89. The highest BCUT2D eigenvalue weighted by atomic mass is 32.1. The first-order valence-corrected chi connectivity index (χ1v) is 10.4. The first-order valence-electron chi connectivity index (χ1n) is 8.59. The van der Waals surface area contributed by atoms with Gasteiger partial charge in [-0.25, -0.2) is 9.78 Å². The van der Waals surface area contributed by atoms with Crippen LogP contribution in [0.1, 0.15) is 27.9 Å². The smallest absolute Gasteiger partial charge is 0.358 e. The molecule has 9 heteroatoms. The number of nitrogens with one attached hydrogen (secondary N) is 1. The summed E-state index contributed by atoms with van der Waals surface area (Å²) in [4.78, 5) is 30.8. The molecule has 1 unspecified atom stereocenters. The van der Waals surface area contributed by atoms with Crippen molar-refractivity contribution in [2.75, 3.05) is 5.32 Å². The molecule has 0 fully saturated rings. The highest BCUT2D eigenvalue weighted by Crippen LogP contribution is 2.29. The minimum absolute atomic E-state index is 0.157. The number of aryl methyl sites for hydroxylation is 1. The van der Waals surface area contributed by atoms with E-state index in [0.29, 0.717) is 11.3 Å². The third-order valence-corrected chi connectivity index (χ3v) is 5.77. The van der Waals surface area contributed by atoms with E-state index >= 15 is 0 Å². The number of carbonyl (C=O) groups is 2. The second kappa shape index (κ2) is 8.38. The first-order chi connectivity index (χ1) is 14.1. The van der Waals surface area contributed by atoms with Crippen LogP contribution in [0, 0.1) is 6.92 Å². The number of amides is 1. The number of hydrogen-bond donors (Lipinski definition) is 1. The summed E-state index contributed by atoms with van der Waals surface area (Å²) in [6, 6.07) is 14.2. The average molecular weight is 425 g/mol. The van der Waals surface area contributed by atoms with Gasteiger partial charge in [0.05, 0.1) is 4.88 Å². The lowest BCUT2D eigenvalue weighted by molar-refractivity contribution is -0.125. The van der Waals surface area contributed by atoms with E-state index in [0.717, 1.165) is 9.88 Å². The Bertz CT molecular complexity index is 1120. The fraction of sp³-hybridized carbons (Fsp3) is 0.100. The minimum atomic E-state index is -1.16. The third kappa shape index (κ3) is 4.41. The number of aromatic nitrogens is 2. The molecule has 29 heavy (non-hydrogen) atoms. The van der Waals surface area contributed by atoms with Crippen molar-refractivity contribution in [3.63, 3.8) is 0 Å². The Morgan fingerprint density at radius 3 is 2.66 bits per heavy atom. The fourth-order valence-electron chi connectivity index (χ4n) is 2.57. The number of rotatable bonds is 6. The van der Waals surface area contributed by atoms with Crippen LogP contribution in [0.4, 0.5) is 5.82 Å². The van der Waals surface area contributed by atoms with E-state index in [9.17, 15) is 9.59 Å². The van der Waals surface area contributed by atoms with Crippen LogP contribution in [0.5, 0.6) is 0 Å². The second-order valence-electron chi connectivity index (χ2n) is 6.02.